The molecule has 1 atom stereocenters. The maximum atomic E-state index is 5.45. The van der Waals surface area contributed by atoms with Gasteiger partial charge >= 0.3 is 0 Å². The van der Waals surface area contributed by atoms with E-state index in [9.17, 15) is 0 Å². The van der Waals surface area contributed by atoms with Gasteiger partial charge in [-0.05, 0) is 50.6 Å². The fourth-order valence-electron chi connectivity index (χ4n) is 3.17. The van der Waals surface area contributed by atoms with Crippen molar-refractivity contribution in [2.24, 2.45) is 11.8 Å². The molecule has 0 amide bonds. The van der Waals surface area contributed by atoms with Gasteiger partial charge in [-0.25, -0.2) is 0 Å². The molecule has 0 bridgehead atoms. The van der Waals surface area contributed by atoms with E-state index in [0.29, 0.717) is 0 Å². The van der Waals surface area contributed by atoms with E-state index in [4.69, 9.17) is 4.74 Å². The van der Waals surface area contributed by atoms with Crippen LogP contribution in [0.1, 0.15) is 39.5 Å². The Balaban J connectivity index is 1.69. The minimum absolute atomic E-state index is 0.760. The molecule has 0 aliphatic carbocycles. The molecular formula is C15H30N2O. The highest BCUT2D eigenvalue weighted by Gasteiger charge is 2.27. The smallest absolute Gasteiger partial charge is 0.0469 e. The van der Waals surface area contributed by atoms with Gasteiger partial charge in [-0.2, -0.15) is 0 Å². The van der Waals surface area contributed by atoms with Crippen LogP contribution in [-0.2, 0) is 4.74 Å². The van der Waals surface area contributed by atoms with Gasteiger partial charge in [0.1, 0.15) is 0 Å². The van der Waals surface area contributed by atoms with Gasteiger partial charge < -0.3 is 10.1 Å². The van der Waals surface area contributed by atoms with Crippen molar-refractivity contribution in [3.63, 3.8) is 0 Å². The normalized spacial score (nSPS) is 27.2. The lowest BCUT2D eigenvalue weighted by Crippen LogP contribution is -2.42. The van der Waals surface area contributed by atoms with Crippen molar-refractivity contribution in [3.8, 4) is 0 Å². The van der Waals surface area contributed by atoms with E-state index in [1.54, 1.807) is 0 Å². The predicted octanol–water partition coefficient (Wildman–Crippen LogP) is 2.12. The van der Waals surface area contributed by atoms with E-state index in [0.717, 1.165) is 37.6 Å². The monoisotopic (exact) mass is 254 g/mol. The van der Waals surface area contributed by atoms with Crippen molar-refractivity contribution in [2.45, 2.75) is 45.6 Å². The molecule has 2 aliphatic rings. The van der Waals surface area contributed by atoms with Gasteiger partial charge in [-0.3, -0.25) is 4.90 Å². The van der Waals surface area contributed by atoms with Gasteiger partial charge in [-0.1, -0.05) is 13.8 Å². The lowest BCUT2D eigenvalue weighted by Gasteiger charge is -2.31. The fraction of sp³-hybridized carbons (Fsp3) is 1.00. The summed E-state index contributed by atoms with van der Waals surface area (Å²) in [4.78, 5) is 2.73. The standard InChI is InChI=1S/C15H30N2O/c1-13(2)10-16-11-15-4-3-7-17(15)12-14-5-8-18-9-6-14/h13-16H,3-12H2,1-2H3. The zero-order valence-corrected chi connectivity index (χ0v) is 12.2. The molecule has 2 heterocycles. The first-order valence-electron chi connectivity index (χ1n) is 7.78. The second-order valence-corrected chi connectivity index (χ2v) is 6.40. The number of hydrogen-bond donors (Lipinski definition) is 1. The Morgan fingerprint density at radius 1 is 1.22 bits per heavy atom. The molecule has 0 spiro atoms. The molecule has 0 aromatic heterocycles. The van der Waals surface area contributed by atoms with Gasteiger partial charge in [0.25, 0.3) is 0 Å². The lowest BCUT2D eigenvalue weighted by molar-refractivity contribution is 0.0506. The molecule has 18 heavy (non-hydrogen) atoms. The van der Waals surface area contributed by atoms with E-state index in [2.05, 4.69) is 24.1 Å². The maximum absolute atomic E-state index is 5.45. The van der Waals surface area contributed by atoms with Crippen LogP contribution in [0.15, 0.2) is 0 Å². The van der Waals surface area contributed by atoms with Crippen LogP contribution in [0.25, 0.3) is 0 Å². The average molecular weight is 254 g/mol. The van der Waals surface area contributed by atoms with Crippen LogP contribution in [0.5, 0.6) is 0 Å². The number of likely N-dealkylation sites (tertiary alicyclic amines) is 1. The molecule has 2 aliphatic heterocycles. The average Bonchev–Trinajstić information content (AvgIpc) is 2.78. The van der Waals surface area contributed by atoms with Crippen molar-refractivity contribution < 1.29 is 4.74 Å². The number of nitrogens with one attached hydrogen (secondary N) is 1. The summed E-state index contributed by atoms with van der Waals surface area (Å²) in [7, 11) is 0. The molecule has 1 unspecified atom stereocenters. The number of ether oxygens (including phenoxy) is 1. The number of rotatable bonds is 6. The molecule has 0 aromatic rings. The van der Waals surface area contributed by atoms with Gasteiger partial charge in [0.15, 0.2) is 0 Å². The molecule has 3 nitrogen and oxygen atoms in total. The predicted molar refractivity (Wildman–Crippen MR) is 75.8 cm³/mol. The summed E-state index contributed by atoms with van der Waals surface area (Å²) in [6, 6.07) is 0.784. The molecule has 3 heteroatoms. The van der Waals surface area contributed by atoms with E-state index in [-0.39, 0.29) is 0 Å². The summed E-state index contributed by atoms with van der Waals surface area (Å²) < 4.78 is 5.45. The maximum Gasteiger partial charge on any atom is 0.0469 e. The van der Waals surface area contributed by atoms with Gasteiger partial charge in [-0.15, -0.1) is 0 Å². The second-order valence-electron chi connectivity index (χ2n) is 6.40. The number of nitrogens with zero attached hydrogens (tertiary/aromatic N) is 1. The minimum atomic E-state index is 0.760. The van der Waals surface area contributed by atoms with Gasteiger partial charge in [0.2, 0.25) is 0 Å². The SMILES string of the molecule is CC(C)CNCC1CCCN1CC1CCOCC1. The van der Waals surface area contributed by atoms with Crippen LogP contribution < -0.4 is 5.32 Å². The van der Waals surface area contributed by atoms with Crippen LogP contribution in [0, 0.1) is 11.8 Å². The largest absolute Gasteiger partial charge is 0.381 e. The van der Waals surface area contributed by atoms with Crippen LogP contribution in [0.3, 0.4) is 0 Å². The zero-order chi connectivity index (χ0) is 12.8. The Morgan fingerprint density at radius 3 is 2.72 bits per heavy atom. The van der Waals surface area contributed by atoms with Crippen molar-refractivity contribution in [1.82, 2.24) is 10.2 Å². The first-order chi connectivity index (χ1) is 8.75. The summed E-state index contributed by atoms with van der Waals surface area (Å²) in [6.07, 6.45) is 5.30. The van der Waals surface area contributed by atoms with E-state index in [1.807, 2.05) is 0 Å². The molecule has 2 rings (SSSR count). The zero-order valence-electron chi connectivity index (χ0n) is 12.2. The van der Waals surface area contributed by atoms with E-state index in [1.165, 1.54) is 45.3 Å². The quantitative estimate of drug-likeness (QED) is 0.786. The summed E-state index contributed by atoms with van der Waals surface area (Å²) in [5.74, 6) is 1.64. The second kappa shape index (κ2) is 7.46. The Kier molecular flexibility index (Phi) is 5.93. The Bertz CT molecular complexity index is 227. The van der Waals surface area contributed by atoms with E-state index >= 15 is 0 Å². The topological polar surface area (TPSA) is 24.5 Å². The Hall–Kier alpha value is -0.120. The molecule has 1 N–H and O–H groups in total. The third-order valence-electron chi connectivity index (χ3n) is 4.27. The molecule has 2 fully saturated rings. The summed E-state index contributed by atoms with van der Waals surface area (Å²) in [6.45, 7) is 11.5. The third kappa shape index (κ3) is 4.52. The molecule has 2 saturated heterocycles. The van der Waals surface area contributed by atoms with Crippen LogP contribution in [0.4, 0.5) is 0 Å². The minimum Gasteiger partial charge on any atom is -0.381 e. The Labute approximate surface area is 112 Å². The molecule has 0 radical (unpaired) electrons. The Morgan fingerprint density at radius 2 is 2.00 bits per heavy atom. The van der Waals surface area contributed by atoms with Crippen LogP contribution in [0.2, 0.25) is 0 Å². The highest BCUT2D eigenvalue weighted by Crippen LogP contribution is 2.22. The van der Waals surface area contributed by atoms with Gasteiger partial charge in [0, 0.05) is 32.3 Å². The van der Waals surface area contributed by atoms with Crippen molar-refractivity contribution in [3.05, 3.63) is 0 Å². The molecular weight excluding hydrogens is 224 g/mol. The highest BCUT2D eigenvalue weighted by atomic mass is 16.5. The van der Waals surface area contributed by atoms with Crippen LogP contribution >= 0.6 is 0 Å². The van der Waals surface area contributed by atoms with Crippen molar-refractivity contribution >= 4 is 0 Å². The highest BCUT2D eigenvalue weighted by molar-refractivity contribution is 4.83. The lowest BCUT2D eigenvalue weighted by atomic mass is 9.99. The first-order valence-corrected chi connectivity index (χ1v) is 7.78. The first kappa shape index (κ1) is 14.3. The third-order valence-corrected chi connectivity index (χ3v) is 4.27. The summed E-state index contributed by atoms with van der Waals surface area (Å²) in [5, 5.41) is 3.63. The van der Waals surface area contributed by atoms with E-state index < -0.39 is 0 Å². The van der Waals surface area contributed by atoms with Crippen molar-refractivity contribution in [2.75, 3.05) is 39.4 Å². The fourth-order valence-corrected chi connectivity index (χ4v) is 3.17. The number of hydrogen-bond acceptors (Lipinski definition) is 3. The van der Waals surface area contributed by atoms with Crippen molar-refractivity contribution in [1.29, 1.82) is 0 Å². The molecule has 106 valence electrons. The molecule has 0 aromatic carbocycles. The summed E-state index contributed by atoms with van der Waals surface area (Å²) >= 11 is 0. The summed E-state index contributed by atoms with van der Waals surface area (Å²) in [5.41, 5.74) is 0. The van der Waals surface area contributed by atoms with Crippen LogP contribution in [-0.4, -0.2) is 50.3 Å². The molecule has 0 saturated carbocycles. The van der Waals surface area contributed by atoms with Gasteiger partial charge in [0.05, 0.1) is 0 Å².